The maximum atomic E-state index is 14.9. The number of carbonyl (C=O) groups excluding carboxylic acids is 2. The largest absolute Gasteiger partial charge is 0.378 e. The van der Waals surface area contributed by atoms with Crippen molar-refractivity contribution < 1.29 is 18.7 Å². The van der Waals surface area contributed by atoms with Crippen molar-refractivity contribution in [3.05, 3.63) is 59.2 Å². The van der Waals surface area contributed by atoms with Gasteiger partial charge in [-0.05, 0) is 23.5 Å². The van der Waals surface area contributed by atoms with Gasteiger partial charge in [-0.25, -0.2) is 4.39 Å². The number of morpholine rings is 1. The lowest BCUT2D eigenvalue weighted by molar-refractivity contribution is -0.139. The predicted octanol–water partition coefficient (Wildman–Crippen LogP) is 3.14. The molecular weight excluding hydrogens is 371 g/mol. The number of nitrogens with one attached hydrogen (secondary N) is 1. The number of Topliss-reactive ketones (excluding diaryl/α,β-unsaturated/α-hetero) is 1. The molecule has 0 aromatic heterocycles. The Morgan fingerprint density at radius 1 is 1.24 bits per heavy atom. The van der Waals surface area contributed by atoms with Crippen molar-refractivity contribution in [2.24, 2.45) is 11.3 Å². The second-order valence-corrected chi connectivity index (χ2v) is 8.90. The van der Waals surface area contributed by atoms with Crippen molar-refractivity contribution in [1.29, 1.82) is 0 Å². The first kappa shape index (κ1) is 19.8. The lowest BCUT2D eigenvalue weighted by Crippen LogP contribution is -2.50. The van der Waals surface area contributed by atoms with E-state index in [2.05, 4.69) is 11.9 Å². The highest BCUT2D eigenvalue weighted by atomic mass is 19.1. The molecule has 0 radical (unpaired) electrons. The van der Waals surface area contributed by atoms with Gasteiger partial charge in [-0.15, -0.1) is 0 Å². The van der Waals surface area contributed by atoms with Crippen LogP contribution in [0.5, 0.6) is 0 Å². The van der Waals surface area contributed by atoms with Crippen LogP contribution in [0.1, 0.15) is 38.2 Å². The Labute approximate surface area is 170 Å². The first-order chi connectivity index (χ1) is 13.8. The van der Waals surface area contributed by atoms with Crippen molar-refractivity contribution in [2.75, 3.05) is 26.3 Å². The Morgan fingerprint density at radius 2 is 1.93 bits per heavy atom. The van der Waals surface area contributed by atoms with E-state index in [1.807, 2.05) is 13.8 Å². The monoisotopic (exact) mass is 398 g/mol. The van der Waals surface area contributed by atoms with Crippen molar-refractivity contribution in [2.45, 2.75) is 32.6 Å². The van der Waals surface area contributed by atoms with E-state index in [1.165, 1.54) is 6.07 Å². The van der Waals surface area contributed by atoms with Crippen LogP contribution in [-0.2, 0) is 14.3 Å². The summed E-state index contributed by atoms with van der Waals surface area (Å²) in [6.07, 6.45) is 1.04. The number of ketones is 1. The maximum absolute atomic E-state index is 14.9. The molecule has 1 amide bonds. The number of carbonyl (C=O) groups is 2. The molecule has 1 saturated heterocycles. The van der Waals surface area contributed by atoms with Gasteiger partial charge in [-0.1, -0.05) is 38.6 Å². The number of hydrogen-bond donors (Lipinski definition) is 1. The molecule has 2 atom stereocenters. The molecule has 5 nitrogen and oxygen atoms in total. The zero-order chi connectivity index (χ0) is 20.8. The minimum atomic E-state index is -0.728. The summed E-state index contributed by atoms with van der Waals surface area (Å²) in [4.78, 5) is 28.4. The molecule has 2 unspecified atom stereocenters. The predicted molar refractivity (Wildman–Crippen MR) is 107 cm³/mol. The smallest absolute Gasteiger partial charge is 0.232 e. The first-order valence-electron chi connectivity index (χ1n) is 10.1. The topological polar surface area (TPSA) is 58.6 Å². The van der Waals surface area contributed by atoms with Crippen LogP contribution in [0.4, 0.5) is 4.39 Å². The molecule has 1 aromatic rings. The summed E-state index contributed by atoms with van der Waals surface area (Å²) in [6.45, 7) is 10.1. The molecule has 29 heavy (non-hydrogen) atoms. The van der Waals surface area contributed by atoms with E-state index in [0.29, 0.717) is 56.0 Å². The fourth-order valence-electron chi connectivity index (χ4n) is 4.78. The Hall–Kier alpha value is -2.47. The molecule has 3 aliphatic rings. The van der Waals surface area contributed by atoms with E-state index in [4.69, 9.17) is 4.74 Å². The highest BCUT2D eigenvalue weighted by molar-refractivity contribution is 6.01. The molecule has 0 bridgehead atoms. The van der Waals surface area contributed by atoms with E-state index >= 15 is 0 Å². The number of rotatable bonds is 2. The van der Waals surface area contributed by atoms with Gasteiger partial charge in [0.25, 0.3) is 0 Å². The summed E-state index contributed by atoms with van der Waals surface area (Å²) < 4.78 is 20.3. The lowest BCUT2D eigenvalue weighted by atomic mass is 9.66. The van der Waals surface area contributed by atoms with E-state index in [-0.39, 0.29) is 17.1 Å². The molecule has 0 saturated carbocycles. The minimum absolute atomic E-state index is 0.0238. The second kappa shape index (κ2) is 7.41. The minimum Gasteiger partial charge on any atom is -0.378 e. The normalized spacial score (nSPS) is 26.8. The molecule has 154 valence electrons. The highest BCUT2D eigenvalue weighted by Crippen LogP contribution is 2.48. The van der Waals surface area contributed by atoms with E-state index in [0.717, 1.165) is 5.70 Å². The Morgan fingerprint density at radius 3 is 2.62 bits per heavy atom. The van der Waals surface area contributed by atoms with Gasteiger partial charge in [0.2, 0.25) is 5.91 Å². The number of allylic oxidation sites excluding steroid dienone is 2. The molecule has 0 spiro atoms. The van der Waals surface area contributed by atoms with Crippen molar-refractivity contribution >= 4 is 11.7 Å². The van der Waals surface area contributed by atoms with E-state index in [1.54, 1.807) is 23.1 Å². The SMILES string of the molecule is C=C1NC2=C(C(=O)CC(C)(C)C2)C(c2ccccc2F)C1C(=O)N1CCOCC1. The molecule has 1 fully saturated rings. The third-order valence-electron chi connectivity index (χ3n) is 6.08. The van der Waals surface area contributed by atoms with Gasteiger partial charge in [0, 0.05) is 42.4 Å². The molecule has 2 heterocycles. The number of amides is 1. The van der Waals surface area contributed by atoms with Crippen LogP contribution in [0.3, 0.4) is 0 Å². The molecular formula is C23H27FN2O3. The third-order valence-corrected chi connectivity index (χ3v) is 6.08. The quantitative estimate of drug-likeness (QED) is 0.832. The van der Waals surface area contributed by atoms with Gasteiger partial charge in [0.05, 0.1) is 19.1 Å². The zero-order valence-corrected chi connectivity index (χ0v) is 17.0. The van der Waals surface area contributed by atoms with Crippen LogP contribution < -0.4 is 5.32 Å². The third kappa shape index (κ3) is 3.62. The van der Waals surface area contributed by atoms with Crippen LogP contribution in [0.25, 0.3) is 0 Å². The Bertz CT molecular complexity index is 899. The summed E-state index contributed by atoms with van der Waals surface area (Å²) in [5, 5.41) is 3.26. The second-order valence-electron chi connectivity index (χ2n) is 8.90. The number of ether oxygens (including phenoxy) is 1. The van der Waals surface area contributed by atoms with Crippen LogP contribution in [0.2, 0.25) is 0 Å². The van der Waals surface area contributed by atoms with Gasteiger partial charge < -0.3 is 15.0 Å². The molecule has 6 heteroatoms. The van der Waals surface area contributed by atoms with Crippen LogP contribution in [0.15, 0.2) is 47.8 Å². The fraction of sp³-hybridized carbons (Fsp3) is 0.478. The highest BCUT2D eigenvalue weighted by Gasteiger charge is 2.47. The number of hydrogen-bond acceptors (Lipinski definition) is 4. The first-order valence-corrected chi connectivity index (χ1v) is 10.1. The van der Waals surface area contributed by atoms with Gasteiger partial charge in [-0.2, -0.15) is 0 Å². The van der Waals surface area contributed by atoms with Crippen molar-refractivity contribution in [3.63, 3.8) is 0 Å². The standard InChI is InChI=1S/C23H27FN2O3/c1-14-19(22(28)26-8-10-29-11-9-26)20(15-6-4-5-7-16(15)24)21-17(25-14)12-23(2,3)13-18(21)27/h4-7,19-20,25H,1,8-13H2,2-3H3. The average molecular weight is 398 g/mol. The molecule has 1 N–H and O–H groups in total. The maximum Gasteiger partial charge on any atom is 0.232 e. The van der Waals surface area contributed by atoms with E-state index < -0.39 is 17.7 Å². The molecule has 2 aliphatic heterocycles. The van der Waals surface area contributed by atoms with E-state index in [9.17, 15) is 14.0 Å². The lowest BCUT2D eigenvalue weighted by Gasteiger charge is -2.44. The van der Waals surface area contributed by atoms with Gasteiger partial charge in [-0.3, -0.25) is 9.59 Å². The van der Waals surface area contributed by atoms with Crippen LogP contribution in [-0.4, -0.2) is 42.9 Å². The molecule has 1 aromatic carbocycles. The summed E-state index contributed by atoms with van der Waals surface area (Å²) >= 11 is 0. The summed E-state index contributed by atoms with van der Waals surface area (Å²) in [7, 11) is 0. The number of nitrogens with zero attached hydrogens (tertiary/aromatic N) is 1. The van der Waals surface area contributed by atoms with Crippen LogP contribution >= 0.6 is 0 Å². The summed E-state index contributed by atoms with van der Waals surface area (Å²) in [5.41, 5.74) is 2.02. The Kier molecular flexibility index (Phi) is 5.07. The zero-order valence-electron chi connectivity index (χ0n) is 17.0. The van der Waals surface area contributed by atoms with Gasteiger partial charge >= 0.3 is 0 Å². The Balaban J connectivity index is 1.83. The van der Waals surface area contributed by atoms with Crippen molar-refractivity contribution in [3.8, 4) is 0 Å². The van der Waals surface area contributed by atoms with Crippen LogP contribution in [0, 0.1) is 17.2 Å². The van der Waals surface area contributed by atoms with Crippen molar-refractivity contribution in [1.82, 2.24) is 10.2 Å². The molecule has 4 rings (SSSR count). The van der Waals surface area contributed by atoms with Gasteiger partial charge in [0.1, 0.15) is 5.82 Å². The molecule has 1 aliphatic carbocycles. The summed E-state index contributed by atoms with van der Waals surface area (Å²) in [6, 6.07) is 6.43. The average Bonchev–Trinajstić information content (AvgIpc) is 2.66. The summed E-state index contributed by atoms with van der Waals surface area (Å²) in [5.74, 6) is -1.96. The van der Waals surface area contributed by atoms with Gasteiger partial charge in [0.15, 0.2) is 5.78 Å². The number of benzene rings is 1. The number of halogens is 1. The fourth-order valence-corrected chi connectivity index (χ4v) is 4.78.